The summed E-state index contributed by atoms with van der Waals surface area (Å²) in [5, 5.41) is 2.84. The second-order valence-corrected chi connectivity index (χ2v) is 8.88. The van der Waals surface area contributed by atoms with Crippen LogP contribution in [0.4, 0.5) is 0 Å². The first-order valence-corrected chi connectivity index (χ1v) is 10.6. The third-order valence-corrected chi connectivity index (χ3v) is 7.59. The van der Waals surface area contributed by atoms with Gasteiger partial charge in [0, 0.05) is 23.5 Å². The van der Waals surface area contributed by atoms with Crippen LogP contribution in [-0.4, -0.2) is 31.7 Å². The van der Waals surface area contributed by atoms with Crippen LogP contribution in [0.3, 0.4) is 0 Å². The molecule has 0 saturated carbocycles. The lowest BCUT2D eigenvalue weighted by molar-refractivity contribution is 0.0951. The molecule has 0 saturated heterocycles. The minimum absolute atomic E-state index is 0.163. The second kappa shape index (κ2) is 8.60. The largest absolute Gasteiger partial charge is 0.347 e. The van der Waals surface area contributed by atoms with Gasteiger partial charge in [0.05, 0.1) is 6.54 Å². The first-order chi connectivity index (χ1) is 11.9. The first-order valence-electron chi connectivity index (χ1n) is 8.38. The highest BCUT2D eigenvalue weighted by atomic mass is 32.2. The third kappa shape index (κ3) is 4.68. The molecule has 0 aliphatic heterocycles. The highest BCUT2D eigenvalue weighted by molar-refractivity contribution is 7.91. The van der Waals surface area contributed by atoms with Crippen molar-refractivity contribution >= 4 is 27.3 Å². The number of carbonyl (C=O) groups excluding carboxylic acids is 1. The Morgan fingerprint density at radius 1 is 1.04 bits per heavy atom. The van der Waals surface area contributed by atoms with Crippen LogP contribution in [0.15, 0.2) is 40.6 Å². The fourth-order valence-corrected chi connectivity index (χ4v) is 5.35. The Bertz CT molecular complexity index is 807. The summed E-state index contributed by atoms with van der Waals surface area (Å²) in [6, 6.07) is 10.8. The quantitative estimate of drug-likeness (QED) is 0.764. The van der Waals surface area contributed by atoms with E-state index >= 15 is 0 Å². The van der Waals surface area contributed by atoms with Crippen molar-refractivity contribution in [3.05, 3.63) is 52.4 Å². The molecule has 0 fully saturated rings. The number of sulfonamides is 1. The molecular formula is C18H24N2O3S2. The highest BCUT2D eigenvalue weighted by Gasteiger charge is 2.23. The summed E-state index contributed by atoms with van der Waals surface area (Å²) >= 11 is 1.20. The van der Waals surface area contributed by atoms with E-state index in [1.165, 1.54) is 21.2 Å². The number of aryl methyl sites for hydroxylation is 1. The van der Waals surface area contributed by atoms with E-state index in [1.807, 2.05) is 26.0 Å². The number of nitrogens with one attached hydrogen (secondary N) is 1. The van der Waals surface area contributed by atoms with Gasteiger partial charge in [0.2, 0.25) is 0 Å². The van der Waals surface area contributed by atoms with Gasteiger partial charge in [0.1, 0.15) is 4.21 Å². The van der Waals surface area contributed by atoms with Gasteiger partial charge in [-0.1, -0.05) is 32.9 Å². The molecule has 1 aromatic heterocycles. The van der Waals surface area contributed by atoms with Gasteiger partial charge >= 0.3 is 0 Å². The predicted octanol–water partition coefficient (Wildman–Crippen LogP) is 3.27. The molecule has 5 nitrogen and oxygen atoms in total. The lowest BCUT2D eigenvalue weighted by Gasteiger charge is -2.16. The highest BCUT2D eigenvalue weighted by Crippen LogP contribution is 2.24. The number of thiophene rings is 1. The Morgan fingerprint density at radius 2 is 1.68 bits per heavy atom. The van der Waals surface area contributed by atoms with Gasteiger partial charge in [-0.3, -0.25) is 4.79 Å². The van der Waals surface area contributed by atoms with E-state index in [0.717, 1.165) is 11.3 Å². The Hall–Kier alpha value is -1.70. The van der Waals surface area contributed by atoms with Crippen LogP contribution in [-0.2, 0) is 23.0 Å². The van der Waals surface area contributed by atoms with Crippen molar-refractivity contribution in [2.75, 3.05) is 13.1 Å². The summed E-state index contributed by atoms with van der Waals surface area (Å²) in [6.45, 7) is 6.90. The van der Waals surface area contributed by atoms with Crippen LogP contribution < -0.4 is 5.32 Å². The molecule has 2 rings (SSSR count). The molecule has 0 atom stereocenters. The van der Waals surface area contributed by atoms with Crippen LogP contribution in [0.25, 0.3) is 0 Å². The summed E-state index contributed by atoms with van der Waals surface area (Å²) in [5.74, 6) is -0.163. The third-order valence-electron chi connectivity index (χ3n) is 3.98. The molecule has 136 valence electrons. The van der Waals surface area contributed by atoms with E-state index in [4.69, 9.17) is 0 Å². The molecule has 1 N–H and O–H groups in total. The monoisotopic (exact) mass is 380 g/mol. The van der Waals surface area contributed by atoms with Crippen molar-refractivity contribution in [3.8, 4) is 0 Å². The van der Waals surface area contributed by atoms with Crippen LogP contribution in [0.2, 0.25) is 0 Å². The van der Waals surface area contributed by atoms with E-state index in [-0.39, 0.29) is 5.91 Å². The minimum Gasteiger partial charge on any atom is -0.347 e. The molecule has 0 aliphatic carbocycles. The molecule has 0 radical (unpaired) electrons. The number of hydrogen-bond donors (Lipinski definition) is 1. The predicted molar refractivity (Wildman–Crippen MR) is 101 cm³/mol. The Labute approximate surface area is 153 Å². The summed E-state index contributed by atoms with van der Waals surface area (Å²) in [7, 11) is -3.44. The van der Waals surface area contributed by atoms with Crippen molar-refractivity contribution in [2.24, 2.45) is 0 Å². The van der Waals surface area contributed by atoms with Crippen LogP contribution >= 0.6 is 11.3 Å². The summed E-state index contributed by atoms with van der Waals surface area (Å²) < 4.78 is 26.7. The van der Waals surface area contributed by atoms with Gasteiger partial charge in [-0.05, 0) is 36.2 Å². The molecule has 7 heteroatoms. The van der Waals surface area contributed by atoms with E-state index in [0.29, 0.717) is 29.4 Å². The van der Waals surface area contributed by atoms with Crippen LogP contribution in [0.5, 0.6) is 0 Å². The maximum Gasteiger partial charge on any atom is 0.252 e. The summed E-state index contributed by atoms with van der Waals surface area (Å²) in [6.07, 6.45) is 0.931. The SMILES string of the molecule is CCc1ccc(C(=O)NCc2ccc(S(=O)(=O)N(CC)CC)s2)cc1. The summed E-state index contributed by atoms with van der Waals surface area (Å²) in [5.41, 5.74) is 1.78. The van der Waals surface area contributed by atoms with Gasteiger partial charge in [-0.2, -0.15) is 4.31 Å². The van der Waals surface area contributed by atoms with Crippen LogP contribution in [0, 0.1) is 0 Å². The zero-order chi connectivity index (χ0) is 18.4. The van der Waals surface area contributed by atoms with Gasteiger partial charge in [0.15, 0.2) is 0 Å². The molecule has 1 aromatic carbocycles. The normalized spacial score (nSPS) is 11.7. The molecule has 25 heavy (non-hydrogen) atoms. The van der Waals surface area contributed by atoms with E-state index in [1.54, 1.807) is 24.3 Å². The van der Waals surface area contributed by atoms with E-state index in [2.05, 4.69) is 12.2 Å². The second-order valence-electron chi connectivity index (χ2n) is 5.54. The van der Waals surface area contributed by atoms with Crippen molar-refractivity contribution in [1.29, 1.82) is 0 Å². The average Bonchev–Trinajstić information content (AvgIpc) is 3.10. The molecule has 1 heterocycles. The topological polar surface area (TPSA) is 66.5 Å². The zero-order valence-corrected chi connectivity index (χ0v) is 16.4. The lowest BCUT2D eigenvalue weighted by atomic mass is 10.1. The van der Waals surface area contributed by atoms with Gasteiger partial charge in [0.25, 0.3) is 15.9 Å². The molecule has 0 unspecified atom stereocenters. The molecule has 0 aliphatic rings. The van der Waals surface area contributed by atoms with Crippen molar-refractivity contribution in [1.82, 2.24) is 9.62 Å². The molecule has 0 spiro atoms. The lowest BCUT2D eigenvalue weighted by Crippen LogP contribution is -2.30. The van der Waals surface area contributed by atoms with Crippen molar-refractivity contribution < 1.29 is 13.2 Å². The van der Waals surface area contributed by atoms with Crippen molar-refractivity contribution in [3.63, 3.8) is 0 Å². The van der Waals surface area contributed by atoms with Crippen molar-refractivity contribution in [2.45, 2.75) is 37.9 Å². The molecular weight excluding hydrogens is 356 g/mol. The average molecular weight is 381 g/mol. The van der Waals surface area contributed by atoms with Gasteiger partial charge < -0.3 is 5.32 Å². The standard InChI is InChI=1S/C18H24N2O3S2/c1-4-14-7-9-15(10-8-14)18(21)19-13-16-11-12-17(24-16)25(22,23)20(5-2)6-3/h7-12H,4-6,13H2,1-3H3,(H,19,21). The fraction of sp³-hybridized carbons (Fsp3) is 0.389. The van der Waals surface area contributed by atoms with Gasteiger partial charge in [-0.25, -0.2) is 8.42 Å². The van der Waals surface area contributed by atoms with E-state index < -0.39 is 10.0 Å². The number of hydrogen-bond acceptors (Lipinski definition) is 4. The first kappa shape index (κ1) is 19.6. The number of amides is 1. The molecule has 0 bridgehead atoms. The van der Waals surface area contributed by atoms with Crippen LogP contribution in [0.1, 0.15) is 41.6 Å². The molecule has 2 aromatic rings. The fourth-order valence-electron chi connectivity index (χ4n) is 2.44. The minimum atomic E-state index is -3.44. The Balaban J connectivity index is 2.02. The maximum absolute atomic E-state index is 12.5. The number of benzene rings is 1. The zero-order valence-electron chi connectivity index (χ0n) is 14.8. The Morgan fingerprint density at radius 3 is 2.24 bits per heavy atom. The maximum atomic E-state index is 12.5. The number of nitrogens with zero attached hydrogens (tertiary/aromatic N) is 1. The molecule has 1 amide bonds. The van der Waals surface area contributed by atoms with Gasteiger partial charge in [-0.15, -0.1) is 11.3 Å². The summed E-state index contributed by atoms with van der Waals surface area (Å²) in [4.78, 5) is 13.0. The smallest absolute Gasteiger partial charge is 0.252 e. The van der Waals surface area contributed by atoms with E-state index in [9.17, 15) is 13.2 Å². The Kier molecular flexibility index (Phi) is 6.75. The number of rotatable bonds is 8. The number of carbonyl (C=O) groups is 1.